The number of fused-ring (bicyclic) bond motifs is 1. The van der Waals surface area contributed by atoms with Gasteiger partial charge < -0.3 is 9.88 Å². The van der Waals surface area contributed by atoms with Crippen LogP contribution in [-0.2, 0) is 9.36 Å². The molecule has 4 aromatic rings. The van der Waals surface area contributed by atoms with Gasteiger partial charge in [-0.15, -0.1) is 0 Å². The highest BCUT2D eigenvalue weighted by atomic mass is 31.2. The molecule has 3 nitrogen and oxygen atoms in total. The van der Waals surface area contributed by atoms with Crippen molar-refractivity contribution in [2.24, 2.45) is 0 Å². The zero-order valence-electron chi connectivity index (χ0n) is 16.9. The van der Waals surface area contributed by atoms with Crippen LogP contribution in [0.5, 0.6) is 0 Å². The average Bonchev–Trinajstić information content (AvgIpc) is 2.79. The Morgan fingerprint density at radius 2 is 1.30 bits per heavy atom. The smallest absolute Gasteiger partial charge is 0.217 e. The third kappa shape index (κ3) is 4.08. The van der Waals surface area contributed by atoms with Crippen LogP contribution in [0.4, 0.5) is 0 Å². The van der Waals surface area contributed by atoms with E-state index in [1.54, 1.807) is 0 Å². The predicted octanol–water partition coefficient (Wildman–Crippen LogP) is 5.03. The van der Waals surface area contributed by atoms with E-state index in [1.807, 2.05) is 84.9 Å². The molecular formula is C26H24NO2P. The van der Waals surface area contributed by atoms with E-state index in [4.69, 9.17) is 0 Å². The van der Waals surface area contributed by atoms with E-state index in [0.29, 0.717) is 6.16 Å². The van der Waals surface area contributed by atoms with E-state index in [-0.39, 0.29) is 11.9 Å². The molecule has 30 heavy (non-hydrogen) atoms. The van der Waals surface area contributed by atoms with Crippen LogP contribution >= 0.6 is 7.14 Å². The fourth-order valence-electron chi connectivity index (χ4n) is 3.98. The molecule has 1 unspecified atom stereocenters. The summed E-state index contributed by atoms with van der Waals surface area (Å²) in [7, 11) is -2.99. The third-order valence-electron chi connectivity index (χ3n) is 5.36. The van der Waals surface area contributed by atoms with Crippen molar-refractivity contribution in [1.82, 2.24) is 5.32 Å². The lowest BCUT2D eigenvalue weighted by Crippen LogP contribution is -2.32. The molecule has 1 amide bonds. The summed E-state index contributed by atoms with van der Waals surface area (Å²) in [5, 5.41) is 6.83. The van der Waals surface area contributed by atoms with Gasteiger partial charge in [-0.3, -0.25) is 4.79 Å². The second-order valence-corrected chi connectivity index (χ2v) is 10.3. The molecule has 0 aliphatic heterocycles. The lowest BCUT2D eigenvalue weighted by molar-refractivity contribution is -0.119. The maximum Gasteiger partial charge on any atom is 0.217 e. The van der Waals surface area contributed by atoms with Crippen LogP contribution in [0, 0.1) is 0 Å². The summed E-state index contributed by atoms with van der Waals surface area (Å²) in [5.41, 5.74) is 0.982. The van der Waals surface area contributed by atoms with Gasteiger partial charge in [0.25, 0.3) is 0 Å². The van der Waals surface area contributed by atoms with Gasteiger partial charge in [0.15, 0.2) is 0 Å². The minimum atomic E-state index is -2.99. The molecule has 1 N–H and O–H groups in total. The van der Waals surface area contributed by atoms with Crippen LogP contribution in [-0.4, -0.2) is 12.1 Å². The molecule has 0 aliphatic carbocycles. The van der Waals surface area contributed by atoms with Crippen LogP contribution in [0.15, 0.2) is 103 Å². The topological polar surface area (TPSA) is 46.2 Å². The van der Waals surface area contributed by atoms with Gasteiger partial charge in [0, 0.05) is 23.7 Å². The zero-order chi connectivity index (χ0) is 21.0. The van der Waals surface area contributed by atoms with Crippen LogP contribution in [0.25, 0.3) is 10.8 Å². The van der Waals surface area contributed by atoms with Gasteiger partial charge in [-0.2, -0.15) is 0 Å². The van der Waals surface area contributed by atoms with Gasteiger partial charge in [0.1, 0.15) is 7.14 Å². The van der Waals surface area contributed by atoms with Crippen molar-refractivity contribution in [1.29, 1.82) is 0 Å². The summed E-state index contributed by atoms with van der Waals surface area (Å²) in [6.45, 7) is 1.51. The normalized spacial score (nSPS) is 12.4. The lowest BCUT2D eigenvalue weighted by atomic mass is 9.99. The summed E-state index contributed by atoms with van der Waals surface area (Å²) < 4.78 is 14.6. The third-order valence-corrected chi connectivity index (χ3v) is 8.51. The molecule has 0 aromatic heterocycles. The van der Waals surface area contributed by atoms with Crippen molar-refractivity contribution in [2.75, 3.05) is 6.16 Å². The first-order valence-electron chi connectivity index (χ1n) is 10.0. The van der Waals surface area contributed by atoms with E-state index in [1.165, 1.54) is 6.92 Å². The molecule has 0 heterocycles. The Hall–Kier alpha value is -3.16. The van der Waals surface area contributed by atoms with Crippen LogP contribution in [0.1, 0.15) is 18.5 Å². The summed E-state index contributed by atoms with van der Waals surface area (Å²) >= 11 is 0. The lowest BCUT2D eigenvalue weighted by Gasteiger charge is -2.27. The van der Waals surface area contributed by atoms with Crippen LogP contribution in [0.3, 0.4) is 0 Å². The van der Waals surface area contributed by atoms with Crippen molar-refractivity contribution in [2.45, 2.75) is 13.0 Å². The fourth-order valence-corrected chi connectivity index (χ4v) is 6.81. The summed E-state index contributed by atoms with van der Waals surface area (Å²) in [4.78, 5) is 12.1. The quantitative estimate of drug-likeness (QED) is 0.451. The summed E-state index contributed by atoms with van der Waals surface area (Å²) in [6.07, 6.45) is 0.314. The summed E-state index contributed by atoms with van der Waals surface area (Å²) in [5.74, 6) is -0.138. The molecular weight excluding hydrogens is 389 g/mol. The molecule has 4 heteroatoms. The van der Waals surface area contributed by atoms with E-state index in [0.717, 1.165) is 26.9 Å². The van der Waals surface area contributed by atoms with Gasteiger partial charge in [-0.1, -0.05) is 103 Å². The highest BCUT2D eigenvalue weighted by Crippen LogP contribution is 2.47. The molecule has 0 fully saturated rings. The maximum atomic E-state index is 14.6. The molecule has 0 spiro atoms. The minimum absolute atomic E-state index is 0.138. The second-order valence-electron chi connectivity index (χ2n) is 7.41. The van der Waals surface area contributed by atoms with Gasteiger partial charge >= 0.3 is 0 Å². The molecule has 0 saturated heterocycles. The van der Waals surface area contributed by atoms with Crippen molar-refractivity contribution >= 4 is 34.4 Å². The Kier molecular flexibility index (Phi) is 5.83. The van der Waals surface area contributed by atoms with Crippen molar-refractivity contribution in [3.63, 3.8) is 0 Å². The standard InChI is InChI=1S/C26H24NO2P/c1-20(28)27-26(25-18-10-12-21-11-8-9-17-24(21)25)19-30(29,22-13-4-2-5-14-22)23-15-6-3-7-16-23/h2-18,26H,19H2,1H3,(H,27,28). The number of nitrogens with one attached hydrogen (secondary N) is 1. The second kappa shape index (κ2) is 8.69. The molecule has 4 rings (SSSR count). The fraction of sp³-hybridized carbons (Fsp3) is 0.115. The van der Waals surface area contributed by atoms with Gasteiger partial charge in [0.2, 0.25) is 5.91 Å². The molecule has 1 atom stereocenters. The Morgan fingerprint density at radius 3 is 1.90 bits per heavy atom. The number of carbonyl (C=O) groups excluding carboxylic acids is 1. The molecule has 0 saturated carbocycles. The van der Waals surface area contributed by atoms with E-state index in [2.05, 4.69) is 23.5 Å². The van der Waals surface area contributed by atoms with Crippen LogP contribution in [0.2, 0.25) is 0 Å². The largest absolute Gasteiger partial charge is 0.349 e. The Bertz CT molecular complexity index is 1160. The Balaban J connectivity index is 1.86. The Labute approximate surface area is 177 Å². The number of hydrogen-bond donors (Lipinski definition) is 1. The first-order chi connectivity index (χ1) is 14.6. The van der Waals surface area contributed by atoms with E-state index < -0.39 is 7.14 Å². The van der Waals surface area contributed by atoms with Gasteiger partial charge in [0.05, 0.1) is 6.04 Å². The van der Waals surface area contributed by atoms with Crippen molar-refractivity contribution < 1.29 is 9.36 Å². The highest BCUT2D eigenvalue weighted by Gasteiger charge is 2.32. The molecule has 0 radical (unpaired) electrons. The van der Waals surface area contributed by atoms with Crippen LogP contribution < -0.4 is 15.9 Å². The van der Waals surface area contributed by atoms with Gasteiger partial charge in [-0.25, -0.2) is 0 Å². The average molecular weight is 413 g/mol. The number of amides is 1. The zero-order valence-corrected chi connectivity index (χ0v) is 17.8. The first-order valence-corrected chi connectivity index (χ1v) is 11.9. The molecule has 0 bridgehead atoms. The number of benzene rings is 4. The molecule has 0 aliphatic rings. The Morgan fingerprint density at radius 1 is 0.767 bits per heavy atom. The first kappa shape index (κ1) is 20.1. The number of hydrogen-bond acceptors (Lipinski definition) is 2. The monoisotopic (exact) mass is 413 g/mol. The maximum absolute atomic E-state index is 14.6. The summed E-state index contributed by atoms with van der Waals surface area (Å²) in [6, 6.07) is 33.0. The van der Waals surface area contributed by atoms with E-state index >= 15 is 0 Å². The van der Waals surface area contributed by atoms with Gasteiger partial charge in [-0.05, 0) is 16.3 Å². The molecule has 150 valence electrons. The highest BCUT2D eigenvalue weighted by molar-refractivity contribution is 7.78. The van der Waals surface area contributed by atoms with Crippen molar-refractivity contribution in [3.05, 3.63) is 109 Å². The predicted molar refractivity (Wildman–Crippen MR) is 125 cm³/mol. The minimum Gasteiger partial charge on any atom is -0.349 e. The van der Waals surface area contributed by atoms with Crippen molar-refractivity contribution in [3.8, 4) is 0 Å². The number of rotatable bonds is 6. The molecule has 4 aromatic carbocycles. The van der Waals surface area contributed by atoms with E-state index in [9.17, 15) is 9.36 Å². The number of carbonyl (C=O) groups is 1. The SMILES string of the molecule is CC(=O)NC(CP(=O)(c1ccccc1)c1ccccc1)c1cccc2ccccc12.